The summed E-state index contributed by atoms with van der Waals surface area (Å²) < 4.78 is 10.5. The van der Waals surface area contributed by atoms with Crippen LogP contribution >= 0.6 is 0 Å². The number of benzene rings is 1. The number of hydrogen-bond acceptors (Lipinski definition) is 5. The second-order valence-electron chi connectivity index (χ2n) is 5.29. The summed E-state index contributed by atoms with van der Waals surface area (Å²) in [6, 6.07) is 5.60. The number of rotatable bonds is 2. The molecule has 2 aliphatic rings. The molecule has 6 heteroatoms. The predicted molar refractivity (Wildman–Crippen MR) is 76.4 cm³/mol. The average molecular weight is 290 g/mol. The Morgan fingerprint density at radius 1 is 1.29 bits per heavy atom. The molecule has 0 unspecified atom stereocenters. The van der Waals surface area contributed by atoms with Gasteiger partial charge in [-0.1, -0.05) is 6.07 Å². The Balaban J connectivity index is 1.77. The highest BCUT2D eigenvalue weighted by Gasteiger charge is 2.27. The third kappa shape index (κ3) is 3.00. The Kier molecular flexibility index (Phi) is 3.79. The summed E-state index contributed by atoms with van der Waals surface area (Å²) in [6.45, 7) is 4.62. The molecule has 1 saturated heterocycles. The summed E-state index contributed by atoms with van der Waals surface area (Å²) in [5, 5.41) is 0. The highest BCUT2D eigenvalue weighted by molar-refractivity contribution is 5.89. The number of ether oxygens (including phenoxy) is 2. The van der Waals surface area contributed by atoms with Gasteiger partial charge in [0.2, 0.25) is 5.91 Å². The quantitative estimate of drug-likeness (QED) is 0.589. The molecule has 0 aromatic heterocycles. The maximum Gasteiger partial charge on any atom is 0.331 e. The highest BCUT2D eigenvalue weighted by Crippen LogP contribution is 2.32. The number of anilines is 1. The zero-order valence-electron chi connectivity index (χ0n) is 12.0. The van der Waals surface area contributed by atoms with Crippen molar-refractivity contribution in [1.82, 2.24) is 4.90 Å². The lowest BCUT2D eigenvalue weighted by Crippen LogP contribution is -2.48. The van der Waals surface area contributed by atoms with Crippen molar-refractivity contribution in [2.75, 3.05) is 44.3 Å². The van der Waals surface area contributed by atoms with Crippen LogP contribution in [0.25, 0.3) is 0 Å². The van der Waals surface area contributed by atoms with Crippen molar-refractivity contribution < 1.29 is 19.1 Å². The molecule has 0 atom stereocenters. The van der Waals surface area contributed by atoms with Gasteiger partial charge in [-0.15, -0.1) is 0 Å². The van der Waals surface area contributed by atoms with Crippen molar-refractivity contribution in [3.8, 4) is 5.75 Å². The molecule has 1 aromatic rings. The Morgan fingerprint density at radius 3 is 2.81 bits per heavy atom. The summed E-state index contributed by atoms with van der Waals surface area (Å²) in [4.78, 5) is 27.6. The van der Waals surface area contributed by atoms with Crippen molar-refractivity contribution in [1.29, 1.82) is 0 Å². The molecule has 21 heavy (non-hydrogen) atoms. The number of carbonyl (C=O) groups is 2. The molecule has 6 nitrogen and oxygen atoms in total. The summed E-state index contributed by atoms with van der Waals surface area (Å²) in [6.07, 6.45) is 0. The third-order valence-corrected chi connectivity index (χ3v) is 3.69. The van der Waals surface area contributed by atoms with Gasteiger partial charge in [-0.3, -0.25) is 4.79 Å². The van der Waals surface area contributed by atoms with Gasteiger partial charge in [0.1, 0.15) is 6.54 Å². The van der Waals surface area contributed by atoms with E-state index in [9.17, 15) is 9.59 Å². The first kappa shape index (κ1) is 13.9. The molecule has 1 aromatic carbocycles. The van der Waals surface area contributed by atoms with Crippen molar-refractivity contribution in [2.24, 2.45) is 0 Å². The molecule has 0 N–H and O–H groups in total. The van der Waals surface area contributed by atoms with Gasteiger partial charge < -0.3 is 19.3 Å². The van der Waals surface area contributed by atoms with E-state index in [0.29, 0.717) is 32.1 Å². The fraction of sp³-hybridized carbons (Fsp3) is 0.467. The molecular formula is C15H18N2O4. The van der Waals surface area contributed by atoms with Crippen molar-refractivity contribution in [3.63, 3.8) is 0 Å². The average Bonchev–Trinajstić information content (AvgIpc) is 2.49. The maximum atomic E-state index is 12.3. The fourth-order valence-corrected chi connectivity index (χ4v) is 2.57. The molecular weight excluding hydrogens is 272 g/mol. The number of aryl methyl sites for hydroxylation is 1. The topological polar surface area (TPSA) is 59.1 Å². The van der Waals surface area contributed by atoms with Gasteiger partial charge in [-0.2, -0.15) is 0 Å². The van der Waals surface area contributed by atoms with Gasteiger partial charge in [-0.25, -0.2) is 4.79 Å². The lowest BCUT2D eigenvalue weighted by atomic mass is 10.1. The molecule has 2 aliphatic heterocycles. The maximum absolute atomic E-state index is 12.3. The van der Waals surface area contributed by atoms with E-state index >= 15 is 0 Å². The number of esters is 1. The molecule has 0 aliphatic carbocycles. The Bertz CT molecular complexity index is 567. The van der Waals surface area contributed by atoms with Crippen LogP contribution < -0.4 is 9.64 Å². The summed E-state index contributed by atoms with van der Waals surface area (Å²) in [7, 11) is 0. The van der Waals surface area contributed by atoms with Crippen LogP contribution in [0.2, 0.25) is 0 Å². The summed E-state index contributed by atoms with van der Waals surface area (Å²) in [5.41, 5.74) is 1.87. The minimum atomic E-state index is -0.332. The zero-order valence-corrected chi connectivity index (χ0v) is 12.0. The minimum absolute atomic E-state index is 0.0143. The van der Waals surface area contributed by atoms with Gasteiger partial charge >= 0.3 is 5.97 Å². The zero-order chi connectivity index (χ0) is 14.8. The Hall–Kier alpha value is -2.08. The van der Waals surface area contributed by atoms with Crippen LogP contribution in [0.5, 0.6) is 5.75 Å². The Labute approximate surface area is 123 Å². The van der Waals surface area contributed by atoms with Crippen LogP contribution in [0, 0.1) is 6.92 Å². The van der Waals surface area contributed by atoms with E-state index in [-0.39, 0.29) is 25.0 Å². The molecule has 2 heterocycles. The first-order valence-corrected chi connectivity index (χ1v) is 7.05. The van der Waals surface area contributed by atoms with E-state index in [2.05, 4.69) is 0 Å². The molecule has 0 spiro atoms. The summed E-state index contributed by atoms with van der Waals surface area (Å²) >= 11 is 0. The van der Waals surface area contributed by atoms with E-state index < -0.39 is 0 Å². The van der Waals surface area contributed by atoms with Crippen LogP contribution in [0.15, 0.2) is 18.2 Å². The standard InChI is InChI=1S/C15H18N2O4/c1-11-2-3-13-12(8-11)17(10-15(19)21-13)9-14(18)16-4-6-20-7-5-16/h2-3,8H,4-7,9-10H2,1H3. The van der Waals surface area contributed by atoms with Gasteiger partial charge in [0.05, 0.1) is 25.4 Å². The second-order valence-corrected chi connectivity index (χ2v) is 5.29. The van der Waals surface area contributed by atoms with E-state index in [1.54, 1.807) is 15.9 Å². The van der Waals surface area contributed by atoms with E-state index in [1.165, 1.54) is 0 Å². The van der Waals surface area contributed by atoms with E-state index in [4.69, 9.17) is 9.47 Å². The van der Waals surface area contributed by atoms with Crippen LogP contribution in [-0.2, 0) is 14.3 Å². The number of fused-ring (bicyclic) bond motifs is 1. The van der Waals surface area contributed by atoms with Crippen molar-refractivity contribution in [3.05, 3.63) is 23.8 Å². The molecule has 1 amide bonds. The van der Waals surface area contributed by atoms with Crippen LogP contribution in [0.4, 0.5) is 5.69 Å². The van der Waals surface area contributed by atoms with Crippen molar-refractivity contribution in [2.45, 2.75) is 6.92 Å². The molecule has 1 fully saturated rings. The smallest absolute Gasteiger partial charge is 0.331 e. The number of morpholine rings is 1. The molecule has 0 saturated carbocycles. The fourth-order valence-electron chi connectivity index (χ4n) is 2.57. The number of carbonyl (C=O) groups excluding carboxylic acids is 2. The van der Waals surface area contributed by atoms with Gasteiger partial charge in [0.25, 0.3) is 0 Å². The predicted octanol–water partition coefficient (Wildman–Crippen LogP) is 0.579. The number of nitrogens with zero attached hydrogens (tertiary/aromatic N) is 2. The third-order valence-electron chi connectivity index (χ3n) is 3.69. The molecule has 0 bridgehead atoms. The largest absolute Gasteiger partial charge is 0.423 e. The molecule has 3 rings (SSSR count). The first-order chi connectivity index (χ1) is 10.1. The normalized spacial score (nSPS) is 18.2. The second kappa shape index (κ2) is 5.73. The number of hydrogen-bond donors (Lipinski definition) is 0. The monoisotopic (exact) mass is 290 g/mol. The lowest BCUT2D eigenvalue weighted by molar-refractivity contribution is -0.134. The Morgan fingerprint density at radius 2 is 2.05 bits per heavy atom. The first-order valence-electron chi connectivity index (χ1n) is 7.05. The minimum Gasteiger partial charge on any atom is -0.423 e. The summed E-state index contributed by atoms with van der Waals surface area (Å²) in [5.74, 6) is 0.202. The van der Waals surface area contributed by atoms with E-state index in [0.717, 1.165) is 11.3 Å². The van der Waals surface area contributed by atoms with E-state index in [1.807, 2.05) is 19.1 Å². The number of amides is 1. The highest BCUT2D eigenvalue weighted by atomic mass is 16.5. The van der Waals surface area contributed by atoms with Crippen LogP contribution in [0.3, 0.4) is 0 Å². The van der Waals surface area contributed by atoms with Gasteiger partial charge in [-0.05, 0) is 24.6 Å². The van der Waals surface area contributed by atoms with Gasteiger partial charge in [0.15, 0.2) is 5.75 Å². The molecule has 0 radical (unpaired) electrons. The SMILES string of the molecule is Cc1ccc2c(c1)N(CC(=O)N1CCOCC1)CC(=O)O2. The van der Waals surface area contributed by atoms with Crippen molar-refractivity contribution >= 4 is 17.6 Å². The van der Waals surface area contributed by atoms with Gasteiger partial charge in [0, 0.05) is 13.1 Å². The lowest BCUT2D eigenvalue weighted by Gasteiger charge is -2.33. The van der Waals surface area contributed by atoms with Crippen LogP contribution in [0.1, 0.15) is 5.56 Å². The molecule has 112 valence electrons. The van der Waals surface area contributed by atoms with Crippen LogP contribution in [-0.4, -0.2) is 56.2 Å².